The molecule has 2 saturated heterocycles. The number of ether oxygens (including phenoxy) is 3. The topological polar surface area (TPSA) is 31.0 Å². The van der Waals surface area contributed by atoms with Crippen LogP contribution < -0.4 is 0 Å². The van der Waals surface area contributed by atoms with Gasteiger partial charge in [0.05, 0.1) is 32.0 Å². The Balaban J connectivity index is 1.37. The van der Waals surface area contributed by atoms with E-state index in [1.165, 1.54) is 5.56 Å². The molecule has 0 spiro atoms. The molecule has 0 aromatic heterocycles. The zero-order valence-electron chi connectivity index (χ0n) is 9.88. The lowest BCUT2D eigenvalue weighted by Gasteiger charge is -2.12. The number of rotatable bonds is 5. The highest BCUT2D eigenvalue weighted by atomic mass is 16.6. The Bertz CT molecular complexity index is 348. The van der Waals surface area contributed by atoms with Gasteiger partial charge in [-0.1, -0.05) is 30.3 Å². The summed E-state index contributed by atoms with van der Waals surface area (Å²) in [5.74, 6) is 0. The summed E-state index contributed by atoms with van der Waals surface area (Å²) in [4.78, 5) is 0. The molecule has 92 valence electrons. The third kappa shape index (κ3) is 3.06. The van der Waals surface area contributed by atoms with E-state index in [2.05, 4.69) is 12.1 Å². The Morgan fingerprint density at radius 2 is 1.94 bits per heavy atom. The smallest absolute Gasteiger partial charge is 0.107 e. The van der Waals surface area contributed by atoms with E-state index < -0.39 is 0 Å². The first-order chi connectivity index (χ1) is 8.42. The van der Waals surface area contributed by atoms with Crippen LogP contribution in [-0.4, -0.2) is 31.5 Å². The molecule has 3 nitrogen and oxygen atoms in total. The Labute approximate surface area is 102 Å². The molecule has 3 atom stereocenters. The van der Waals surface area contributed by atoms with Crippen LogP contribution in [0.4, 0.5) is 0 Å². The zero-order valence-corrected chi connectivity index (χ0v) is 9.88. The van der Waals surface area contributed by atoms with Crippen LogP contribution in [0.2, 0.25) is 0 Å². The van der Waals surface area contributed by atoms with E-state index in [0.717, 1.165) is 19.4 Å². The highest BCUT2D eigenvalue weighted by molar-refractivity contribution is 5.13. The van der Waals surface area contributed by atoms with Crippen molar-refractivity contribution in [3.8, 4) is 0 Å². The Morgan fingerprint density at radius 1 is 1.12 bits per heavy atom. The van der Waals surface area contributed by atoms with Gasteiger partial charge in [0.25, 0.3) is 0 Å². The van der Waals surface area contributed by atoms with Crippen molar-refractivity contribution >= 4 is 0 Å². The molecule has 1 aromatic rings. The summed E-state index contributed by atoms with van der Waals surface area (Å²) in [6.45, 7) is 2.24. The predicted molar refractivity (Wildman–Crippen MR) is 63.7 cm³/mol. The molecule has 2 heterocycles. The molecule has 3 rings (SSSR count). The lowest BCUT2D eigenvalue weighted by molar-refractivity contribution is -0.0269. The minimum atomic E-state index is 0.257. The standard InChI is InChI=1S/C14H18O3/c1-2-4-11(5-3-1)8-15-9-12-6-7-13(17-12)14-10-16-14/h1-5,12-14H,6-10H2/t12-,13-,14-/m1/s1. The molecule has 2 fully saturated rings. The molecule has 17 heavy (non-hydrogen) atoms. The van der Waals surface area contributed by atoms with E-state index >= 15 is 0 Å². The minimum absolute atomic E-state index is 0.257. The van der Waals surface area contributed by atoms with Gasteiger partial charge in [-0.25, -0.2) is 0 Å². The van der Waals surface area contributed by atoms with Gasteiger partial charge in [0, 0.05) is 0 Å². The van der Waals surface area contributed by atoms with Crippen molar-refractivity contribution < 1.29 is 14.2 Å². The highest BCUT2D eigenvalue weighted by Crippen LogP contribution is 2.29. The summed E-state index contributed by atoms with van der Waals surface area (Å²) in [5, 5.41) is 0. The largest absolute Gasteiger partial charge is 0.374 e. The van der Waals surface area contributed by atoms with Crippen molar-refractivity contribution in [2.24, 2.45) is 0 Å². The van der Waals surface area contributed by atoms with Crippen LogP contribution in [0.3, 0.4) is 0 Å². The maximum atomic E-state index is 5.87. The van der Waals surface area contributed by atoms with Crippen LogP contribution in [0.5, 0.6) is 0 Å². The lowest BCUT2D eigenvalue weighted by Crippen LogP contribution is -2.20. The molecule has 0 saturated carbocycles. The fourth-order valence-electron chi connectivity index (χ4n) is 2.28. The third-order valence-corrected chi connectivity index (χ3v) is 3.33. The Morgan fingerprint density at radius 3 is 2.71 bits per heavy atom. The quantitative estimate of drug-likeness (QED) is 0.731. The number of epoxide rings is 1. The van der Waals surface area contributed by atoms with Crippen molar-refractivity contribution in [3.63, 3.8) is 0 Å². The van der Waals surface area contributed by atoms with Gasteiger partial charge in [-0.15, -0.1) is 0 Å². The second-order valence-electron chi connectivity index (χ2n) is 4.75. The van der Waals surface area contributed by atoms with Crippen molar-refractivity contribution in [1.29, 1.82) is 0 Å². The van der Waals surface area contributed by atoms with Gasteiger partial charge in [0.15, 0.2) is 0 Å². The van der Waals surface area contributed by atoms with Gasteiger partial charge < -0.3 is 14.2 Å². The average molecular weight is 234 g/mol. The first-order valence-corrected chi connectivity index (χ1v) is 6.30. The van der Waals surface area contributed by atoms with Crippen LogP contribution in [0.1, 0.15) is 18.4 Å². The molecule has 2 aliphatic rings. The van der Waals surface area contributed by atoms with Crippen molar-refractivity contribution in [2.75, 3.05) is 13.2 Å². The molecule has 0 N–H and O–H groups in total. The molecular formula is C14H18O3. The molecule has 0 aliphatic carbocycles. The number of hydrogen-bond acceptors (Lipinski definition) is 3. The van der Waals surface area contributed by atoms with Crippen LogP contribution >= 0.6 is 0 Å². The molecule has 3 heteroatoms. The van der Waals surface area contributed by atoms with Gasteiger partial charge in [-0.3, -0.25) is 0 Å². The fraction of sp³-hybridized carbons (Fsp3) is 0.571. The molecule has 0 radical (unpaired) electrons. The number of hydrogen-bond donors (Lipinski definition) is 0. The van der Waals surface area contributed by atoms with E-state index in [1.807, 2.05) is 18.2 Å². The zero-order chi connectivity index (χ0) is 11.5. The van der Waals surface area contributed by atoms with Gasteiger partial charge in [-0.05, 0) is 18.4 Å². The maximum absolute atomic E-state index is 5.87. The Kier molecular flexibility index (Phi) is 3.41. The summed E-state index contributed by atoms with van der Waals surface area (Å²) in [6, 6.07) is 10.2. The van der Waals surface area contributed by atoms with Gasteiger partial charge in [0.1, 0.15) is 6.10 Å². The van der Waals surface area contributed by atoms with Crippen molar-refractivity contribution in [2.45, 2.75) is 37.8 Å². The maximum Gasteiger partial charge on any atom is 0.107 e. The summed E-state index contributed by atoms with van der Waals surface area (Å²) >= 11 is 0. The van der Waals surface area contributed by atoms with Crippen LogP contribution in [0.15, 0.2) is 30.3 Å². The first-order valence-electron chi connectivity index (χ1n) is 6.30. The van der Waals surface area contributed by atoms with E-state index in [0.29, 0.717) is 25.4 Å². The molecule has 2 aliphatic heterocycles. The molecule has 0 bridgehead atoms. The SMILES string of the molecule is c1ccc(COC[C@H]2CC[C@H]([C@H]3CO3)O2)cc1. The highest BCUT2D eigenvalue weighted by Gasteiger charge is 2.38. The summed E-state index contributed by atoms with van der Waals surface area (Å²) in [6.07, 6.45) is 3.16. The van der Waals surface area contributed by atoms with Gasteiger partial charge in [-0.2, -0.15) is 0 Å². The number of benzene rings is 1. The summed E-state index contributed by atoms with van der Waals surface area (Å²) < 4.78 is 16.8. The fourth-order valence-corrected chi connectivity index (χ4v) is 2.28. The minimum Gasteiger partial charge on any atom is -0.374 e. The molecular weight excluding hydrogens is 216 g/mol. The van der Waals surface area contributed by atoms with E-state index in [9.17, 15) is 0 Å². The lowest BCUT2D eigenvalue weighted by atomic mass is 10.1. The molecule has 1 aromatic carbocycles. The van der Waals surface area contributed by atoms with Gasteiger partial charge in [0.2, 0.25) is 0 Å². The van der Waals surface area contributed by atoms with Crippen molar-refractivity contribution in [3.05, 3.63) is 35.9 Å². The average Bonchev–Trinajstić information content (AvgIpc) is 3.11. The van der Waals surface area contributed by atoms with Crippen molar-refractivity contribution in [1.82, 2.24) is 0 Å². The second-order valence-corrected chi connectivity index (χ2v) is 4.75. The van der Waals surface area contributed by atoms with Gasteiger partial charge >= 0.3 is 0 Å². The Hall–Kier alpha value is -0.900. The van der Waals surface area contributed by atoms with Crippen LogP contribution in [-0.2, 0) is 20.8 Å². The monoisotopic (exact) mass is 234 g/mol. The van der Waals surface area contributed by atoms with Crippen LogP contribution in [0.25, 0.3) is 0 Å². The first kappa shape index (κ1) is 11.2. The third-order valence-electron chi connectivity index (χ3n) is 3.33. The predicted octanol–water partition coefficient (Wildman–Crippen LogP) is 2.15. The second kappa shape index (κ2) is 5.17. The summed E-state index contributed by atoms with van der Waals surface area (Å²) in [7, 11) is 0. The summed E-state index contributed by atoms with van der Waals surface area (Å²) in [5.41, 5.74) is 1.22. The molecule has 0 amide bonds. The van der Waals surface area contributed by atoms with E-state index in [4.69, 9.17) is 14.2 Å². The normalized spacial score (nSPS) is 31.6. The van der Waals surface area contributed by atoms with Crippen LogP contribution in [0, 0.1) is 0 Å². The van der Waals surface area contributed by atoms with E-state index in [-0.39, 0.29) is 6.10 Å². The molecule has 0 unspecified atom stereocenters. The van der Waals surface area contributed by atoms with E-state index in [1.54, 1.807) is 0 Å².